The van der Waals surface area contributed by atoms with Crippen molar-refractivity contribution in [2.24, 2.45) is 15.0 Å². The Kier molecular flexibility index (Phi) is 5.47. The van der Waals surface area contributed by atoms with Crippen LogP contribution in [-0.2, 0) is 0 Å². The molecule has 56 valence electrons. The fraction of sp³-hybridized carbons (Fsp3) is 0.500. The fourth-order valence-corrected chi connectivity index (χ4v) is 0.558. The molecule has 0 unspecified atom stereocenters. The van der Waals surface area contributed by atoms with E-state index in [1.165, 1.54) is 0 Å². The maximum atomic E-state index is 3.67. The van der Waals surface area contributed by atoms with Gasteiger partial charge in [0.1, 0.15) is 0 Å². The first-order valence-corrected chi connectivity index (χ1v) is 2.85. The molecule has 0 rings (SSSR count). The topological polar surface area (TPSA) is 40.3 Å². The molecule has 0 aromatic rings. The van der Waals surface area contributed by atoms with Crippen molar-refractivity contribution >= 4 is 20.2 Å². The van der Waals surface area contributed by atoms with E-state index in [1.807, 2.05) is 4.90 Å². The van der Waals surface area contributed by atoms with Crippen LogP contribution in [0.15, 0.2) is 15.0 Å². The smallest absolute Gasteiger partial charge is 0.0931 e. The number of aliphatic imine (C=N–C) groups is 3. The van der Waals surface area contributed by atoms with Crippen LogP contribution in [0.4, 0.5) is 0 Å². The Balaban J connectivity index is 3.58. The molecule has 0 fully saturated rings. The Morgan fingerprint density at radius 1 is 0.800 bits per heavy atom. The van der Waals surface area contributed by atoms with Crippen LogP contribution in [0.1, 0.15) is 0 Å². The summed E-state index contributed by atoms with van der Waals surface area (Å²) >= 11 is 0. The highest BCUT2D eigenvalue weighted by molar-refractivity contribution is 5.24. The molecule has 0 saturated carbocycles. The zero-order valence-corrected chi connectivity index (χ0v) is 6.03. The highest BCUT2D eigenvalue weighted by Crippen LogP contribution is 1.87. The van der Waals surface area contributed by atoms with Gasteiger partial charge in [-0.25, -0.2) is 4.90 Å². The molecule has 0 bridgehead atoms. The van der Waals surface area contributed by atoms with Gasteiger partial charge >= 0.3 is 0 Å². The lowest BCUT2D eigenvalue weighted by molar-refractivity contribution is 0.305. The molecule has 0 aliphatic heterocycles. The predicted molar refractivity (Wildman–Crippen MR) is 45.1 cm³/mol. The third-order valence-electron chi connectivity index (χ3n) is 0.900. The van der Waals surface area contributed by atoms with E-state index >= 15 is 0 Å². The third kappa shape index (κ3) is 3.91. The molecule has 0 aliphatic carbocycles. The van der Waals surface area contributed by atoms with Crippen LogP contribution in [0.3, 0.4) is 0 Å². The summed E-state index contributed by atoms with van der Waals surface area (Å²) in [6.07, 6.45) is 0. The van der Waals surface area contributed by atoms with Crippen molar-refractivity contribution in [1.82, 2.24) is 4.90 Å². The summed E-state index contributed by atoms with van der Waals surface area (Å²) in [5.74, 6) is 0. The van der Waals surface area contributed by atoms with E-state index in [9.17, 15) is 0 Å². The molecular formula is C6H12N4. The predicted octanol–water partition coefficient (Wildman–Crippen LogP) is 0.263. The van der Waals surface area contributed by atoms with Gasteiger partial charge in [-0.05, 0) is 20.2 Å². The maximum absolute atomic E-state index is 3.67. The standard InChI is InChI=1S/C6H12N4/c1-7-4-10(5-8-2)6-9-3/h1-6H2. The van der Waals surface area contributed by atoms with Gasteiger partial charge in [0.2, 0.25) is 0 Å². The lowest BCUT2D eigenvalue weighted by Gasteiger charge is -2.12. The number of hydrogen-bond donors (Lipinski definition) is 0. The number of hydrogen-bond acceptors (Lipinski definition) is 4. The van der Waals surface area contributed by atoms with Gasteiger partial charge < -0.3 is 0 Å². The molecular weight excluding hydrogens is 128 g/mol. The Hall–Kier alpha value is -1.03. The van der Waals surface area contributed by atoms with Crippen LogP contribution in [0.5, 0.6) is 0 Å². The third-order valence-corrected chi connectivity index (χ3v) is 0.900. The average molecular weight is 140 g/mol. The highest BCUT2D eigenvalue weighted by Gasteiger charge is 1.96. The average Bonchev–Trinajstić information content (AvgIpc) is 1.90. The van der Waals surface area contributed by atoms with E-state index in [2.05, 4.69) is 35.1 Å². The molecule has 0 aromatic heterocycles. The Morgan fingerprint density at radius 2 is 1.10 bits per heavy atom. The molecule has 0 amide bonds. The van der Waals surface area contributed by atoms with Crippen molar-refractivity contribution in [1.29, 1.82) is 0 Å². The van der Waals surface area contributed by atoms with Crippen LogP contribution in [0.2, 0.25) is 0 Å². The van der Waals surface area contributed by atoms with E-state index in [0.29, 0.717) is 20.0 Å². The molecule has 4 heteroatoms. The molecule has 0 aliphatic rings. The summed E-state index contributed by atoms with van der Waals surface area (Å²) in [5, 5.41) is 0. The Morgan fingerprint density at radius 3 is 1.30 bits per heavy atom. The zero-order valence-electron chi connectivity index (χ0n) is 6.03. The lowest BCUT2D eigenvalue weighted by Crippen LogP contribution is -2.23. The van der Waals surface area contributed by atoms with E-state index in [1.54, 1.807) is 0 Å². The molecule has 4 nitrogen and oxygen atoms in total. The van der Waals surface area contributed by atoms with Gasteiger partial charge in [0.05, 0.1) is 20.0 Å². The lowest BCUT2D eigenvalue weighted by atomic mass is 10.7. The Labute approximate surface area is 61.0 Å². The van der Waals surface area contributed by atoms with E-state index in [0.717, 1.165) is 0 Å². The molecule has 0 spiro atoms. The van der Waals surface area contributed by atoms with E-state index in [-0.39, 0.29) is 0 Å². The normalized spacial score (nSPS) is 9.30. The van der Waals surface area contributed by atoms with Crippen LogP contribution < -0.4 is 0 Å². The summed E-state index contributed by atoms with van der Waals surface area (Å²) < 4.78 is 0. The van der Waals surface area contributed by atoms with Gasteiger partial charge in [-0.3, -0.25) is 15.0 Å². The second kappa shape index (κ2) is 6.10. The number of rotatable bonds is 6. The minimum Gasteiger partial charge on any atom is -0.285 e. The first-order chi connectivity index (χ1) is 4.85. The van der Waals surface area contributed by atoms with Crippen molar-refractivity contribution in [3.8, 4) is 0 Å². The van der Waals surface area contributed by atoms with Gasteiger partial charge in [-0.2, -0.15) is 0 Å². The highest BCUT2D eigenvalue weighted by atomic mass is 15.3. The van der Waals surface area contributed by atoms with Crippen molar-refractivity contribution in [3.63, 3.8) is 0 Å². The van der Waals surface area contributed by atoms with Crippen LogP contribution in [-0.4, -0.2) is 45.1 Å². The van der Waals surface area contributed by atoms with Crippen molar-refractivity contribution < 1.29 is 0 Å². The zero-order chi connectivity index (χ0) is 7.82. The van der Waals surface area contributed by atoms with Crippen molar-refractivity contribution in [2.75, 3.05) is 20.0 Å². The van der Waals surface area contributed by atoms with Crippen molar-refractivity contribution in [2.45, 2.75) is 0 Å². The first kappa shape index (κ1) is 8.97. The van der Waals surface area contributed by atoms with Crippen molar-refractivity contribution in [3.05, 3.63) is 0 Å². The molecule has 10 heavy (non-hydrogen) atoms. The van der Waals surface area contributed by atoms with Crippen LogP contribution >= 0.6 is 0 Å². The molecule has 0 N–H and O–H groups in total. The second-order valence-electron chi connectivity index (χ2n) is 1.77. The van der Waals surface area contributed by atoms with Gasteiger partial charge in [0, 0.05) is 0 Å². The number of nitrogens with zero attached hydrogens (tertiary/aromatic N) is 4. The molecule has 0 heterocycles. The summed E-state index contributed by atoms with van der Waals surface area (Å²) in [6, 6.07) is 0. The quantitative estimate of drug-likeness (QED) is 0.488. The summed E-state index contributed by atoms with van der Waals surface area (Å²) in [5.41, 5.74) is 0. The maximum Gasteiger partial charge on any atom is 0.0931 e. The van der Waals surface area contributed by atoms with Crippen LogP contribution in [0.25, 0.3) is 0 Å². The van der Waals surface area contributed by atoms with E-state index in [4.69, 9.17) is 0 Å². The summed E-state index contributed by atoms with van der Waals surface area (Å²) in [6.45, 7) is 11.6. The Bertz CT molecular complexity index is 97.1. The molecule has 0 aromatic carbocycles. The molecule has 0 radical (unpaired) electrons. The monoisotopic (exact) mass is 140 g/mol. The van der Waals surface area contributed by atoms with Gasteiger partial charge in [-0.1, -0.05) is 0 Å². The fourth-order valence-electron chi connectivity index (χ4n) is 0.558. The molecule has 0 saturated heterocycles. The van der Waals surface area contributed by atoms with Gasteiger partial charge in [0.15, 0.2) is 0 Å². The first-order valence-electron chi connectivity index (χ1n) is 2.85. The summed E-state index contributed by atoms with van der Waals surface area (Å²) in [4.78, 5) is 12.9. The van der Waals surface area contributed by atoms with E-state index < -0.39 is 0 Å². The summed E-state index contributed by atoms with van der Waals surface area (Å²) in [7, 11) is 0. The van der Waals surface area contributed by atoms with Gasteiger partial charge in [0.25, 0.3) is 0 Å². The largest absolute Gasteiger partial charge is 0.285 e. The minimum atomic E-state index is 0.526. The molecule has 0 atom stereocenters. The van der Waals surface area contributed by atoms with Crippen LogP contribution in [0, 0.1) is 0 Å². The SMILES string of the molecule is C=NCN(CN=C)CN=C. The van der Waals surface area contributed by atoms with Gasteiger partial charge in [-0.15, -0.1) is 0 Å². The minimum absolute atomic E-state index is 0.526. The second-order valence-corrected chi connectivity index (χ2v) is 1.77.